The summed E-state index contributed by atoms with van der Waals surface area (Å²) in [5.41, 5.74) is 1.85. The molecule has 3 fully saturated rings. The second kappa shape index (κ2) is 8.82. The third-order valence-electron chi connectivity index (χ3n) is 6.91. The standard InChI is InChI=1S/C23H29N5O4/c1-27-17-8-9-18(12-17)28(27)23(30)32-19-10-7-16(11-19)20-13-21(26-25-20)24-22(29)31-14-15-5-3-2-4-6-15/h2-6,13,16-19H,7-12,14H2,1H3,(H2,24,25,26,29)/t16-,17?,18?,19+/m0/s1. The van der Waals surface area contributed by atoms with Crippen LogP contribution in [0.15, 0.2) is 36.4 Å². The highest BCUT2D eigenvalue weighted by Crippen LogP contribution is 2.39. The molecule has 1 aromatic heterocycles. The molecule has 2 aromatic rings. The molecule has 2 saturated carbocycles. The molecule has 4 atom stereocenters. The summed E-state index contributed by atoms with van der Waals surface area (Å²) >= 11 is 0. The summed E-state index contributed by atoms with van der Waals surface area (Å²) in [6.45, 7) is 0.202. The molecule has 2 amide bonds. The van der Waals surface area contributed by atoms with Crippen LogP contribution in [-0.4, -0.2) is 57.6 Å². The maximum absolute atomic E-state index is 12.7. The molecule has 3 aliphatic rings. The Morgan fingerprint density at radius 2 is 1.94 bits per heavy atom. The minimum Gasteiger partial charge on any atom is -0.445 e. The van der Waals surface area contributed by atoms with Crippen molar-refractivity contribution in [3.8, 4) is 0 Å². The predicted octanol–water partition coefficient (Wildman–Crippen LogP) is 4.01. The SMILES string of the molecule is CN1C2CCC(C2)N1C(=O)O[C@@H]1CC[C@H](c2cc(NC(=O)OCc3ccccc3)n[nH]2)C1. The van der Waals surface area contributed by atoms with Gasteiger partial charge in [0.15, 0.2) is 5.82 Å². The van der Waals surface area contributed by atoms with Crippen molar-refractivity contribution in [2.45, 2.75) is 69.2 Å². The summed E-state index contributed by atoms with van der Waals surface area (Å²) in [6, 6.07) is 12.1. The van der Waals surface area contributed by atoms with E-state index in [4.69, 9.17) is 9.47 Å². The number of rotatable bonds is 5. The summed E-state index contributed by atoms with van der Waals surface area (Å²) in [5.74, 6) is 0.636. The Morgan fingerprint density at radius 1 is 1.12 bits per heavy atom. The lowest BCUT2D eigenvalue weighted by Crippen LogP contribution is -2.49. The Hall–Kier alpha value is -3.07. The summed E-state index contributed by atoms with van der Waals surface area (Å²) in [4.78, 5) is 24.8. The van der Waals surface area contributed by atoms with E-state index in [1.807, 2.05) is 48.5 Å². The quantitative estimate of drug-likeness (QED) is 0.730. The minimum atomic E-state index is -0.547. The zero-order chi connectivity index (χ0) is 22.1. The fourth-order valence-corrected chi connectivity index (χ4v) is 5.21. The van der Waals surface area contributed by atoms with E-state index in [0.29, 0.717) is 11.9 Å². The second-order valence-corrected chi connectivity index (χ2v) is 8.95. The molecule has 1 aromatic carbocycles. The highest BCUT2D eigenvalue weighted by Gasteiger charge is 2.46. The van der Waals surface area contributed by atoms with Gasteiger partial charge >= 0.3 is 12.2 Å². The maximum Gasteiger partial charge on any atom is 0.424 e. The molecule has 2 aliphatic carbocycles. The third-order valence-corrected chi connectivity index (χ3v) is 6.91. The fourth-order valence-electron chi connectivity index (χ4n) is 5.21. The number of nitrogens with one attached hydrogen (secondary N) is 2. The monoisotopic (exact) mass is 439 g/mol. The number of aromatic nitrogens is 2. The number of fused-ring (bicyclic) bond motifs is 2. The topological polar surface area (TPSA) is 99.8 Å². The van der Waals surface area contributed by atoms with Crippen LogP contribution in [0.3, 0.4) is 0 Å². The van der Waals surface area contributed by atoms with Gasteiger partial charge in [-0.3, -0.25) is 10.4 Å². The number of carbonyl (C=O) groups is 2. The van der Waals surface area contributed by atoms with E-state index in [9.17, 15) is 9.59 Å². The number of hydrogen-bond acceptors (Lipinski definition) is 6. The molecule has 32 heavy (non-hydrogen) atoms. The van der Waals surface area contributed by atoms with Gasteiger partial charge in [0, 0.05) is 30.8 Å². The molecule has 0 radical (unpaired) electrons. The Morgan fingerprint density at radius 3 is 2.72 bits per heavy atom. The maximum atomic E-state index is 12.7. The summed E-state index contributed by atoms with van der Waals surface area (Å²) in [5, 5.41) is 13.7. The molecule has 2 bridgehead atoms. The van der Waals surface area contributed by atoms with Gasteiger partial charge in [-0.05, 0) is 44.1 Å². The van der Waals surface area contributed by atoms with Crippen LogP contribution in [-0.2, 0) is 16.1 Å². The first-order chi connectivity index (χ1) is 15.6. The number of hydrogen-bond donors (Lipinski definition) is 2. The molecular formula is C23H29N5O4. The van der Waals surface area contributed by atoms with Crippen LogP contribution >= 0.6 is 0 Å². The molecule has 1 saturated heterocycles. The van der Waals surface area contributed by atoms with E-state index in [1.54, 1.807) is 5.01 Å². The lowest BCUT2D eigenvalue weighted by molar-refractivity contribution is -0.0386. The van der Waals surface area contributed by atoms with Crippen LogP contribution in [0.4, 0.5) is 15.4 Å². The highest BCUT2D eigenvalue weighted by molar-refractivity contribution is 5.83. The van der Waals surface area contributed by atoms with Gasteiger partial charge in [-0.15, -0.1) is 0 Å². The molecule has 2 N–H and O–H groups in total. The summed E-state index contributed by atoms with van der Waals surface area (Å²) in [6.07, 6.45) is 4.88. The predicted molar refractivity (Wildman–Crippen MR) is 117 cm³/mol. The van der Waals surface area contributed by atoms with Crippen molar-refractivity contribution < 1.29 is 19.1 Å². The van der Waals surface area contributed by atoms with Crippen LogP contribution in [0.2, 0.25) is 0 Å². The van der Waals surface area contributed by atoms with Gasteiger partial charge < -0.3 is 9.47 Å². The van der Waals surface area contributed by atoms with Gasteiger partial charge in [-0.25, -0.2) is 19.6 Å². The Bertz CT molecular complexity index is 962. The lowest BCUT2D eigenvalue weighted by Gasteiger charge is -2.35. The number of carbonyl (C=O) groups excluding carboxylic acids is 2. The van der Waals surface area contributed by atoms with E-state index < -0.39 is 6.09 Å². The van der Waals surface area contributed by atoms with E-state index in [2.05, 4.69) is 15.5 Å². The van der Waals surface area contributed by atoms with Crippen LogP contribution < -0.4 is 5.32 Å². The van der Waals surface area contributed by atoms with Gasteiger partial charge in [0.1, 0.15) is 12.7 Å². The van der Waals surface area contributed by atoms with Crippen molar-refractivity contribution in [2.24, 2.45) is 0 Å². The van der Waals surface area contributed by atoms with Crippen molar-refractivity contribution in [3.05, 3.63) is 47.7 Å². The van der Waals surface area contributed by atoms with Crippen molar-refractivity contribution in [1.82, 2.24) is 20.2 Å². The molecule has 170 valence electrons. The molecule has 2 heterocycles. The molecular weight excluding hydrogens is 410 g/mol. The van der Waals surface area contributed by atoms with Crippen LogP contribution in [0.1, 0.15) is 55.7 Å². The first-order valence-electron chi connectivity index (χ1n) is 11.3. The number of H-pyrrole nitrogens is 1. The van der Waals surface area contributed by atoms with Crippen LogP contribution in [0.5, 0.6) is 0 Å². The van der Waals surface area contributed by atoms with E-state index in [0.717, 1.165) is 49.8 Å². The third kappa shape index (κ3) is 4.29. The minimum absolute atomic E-state index is 0.101. The molecule has 9 heteroatoms. The van der Waals surface area contributed by atoms with Gasteiger partial charge in [-0.2, -0.15) is 5.10 Å². The van der Waals surface area contributed by atoms with E-state index >= 15 is 0 Å². The smallest absolute Gasteiger partial charge is 0.424 e. The summed E-state index contributed by atoms with van der Waals surface area (Å²) < 4.78 is 11.1. The number of anilines is 1. The zero-order valence-corrected chi connectivity index (χ0v) is 18.2. The van der Waals surface area contributed by atoms with Crippen molar-refractivity contribution in [1.29, 1.82) is 0 Å². The lowest BCUT2D eigenvalue weighted by atomic mass is 10.0. The Labute approximate surface area is 187 Å². The van der Waals surface area contributed by atoms with Crippen molar-refractivity contribution in [2.75, 3.05) is 12.4 Å². The number of aromatic amines is 1. The molecule has 5 rings (SSSR count). The molecule has 1 aliphatic heterocycles. The van der Waals surface area contributed by atoms with Crippen molar-refractivity contribution in [3.63, 3.8) is 0 Å². The highest BCUT2D eigenvalue weighted by atomic mass is 16.6. The largest absolute Gasteiger partial charge is 0.445 e. The molecule has 0 spiro atoms. The molecule has 2 unspecified atom stereocenters. The number of ether oxygens (including phenoxy) is 2. The number of benzene rings is 1. The van der Waals surface area contributed by atoms with Gasteiger partial charge in [0.2, 0.25) is 0 Å². The average molecular weight is 440 g/mol. The van der Waals surface area contributed by atoms with Gasteiger partial charge in [-0.1, -0.05) is 30.3 Å². The normalized spacial score (nSPS) is 27.0. The van der Waals surface area contributed by atoms with Gasteiger partial charge in [0.05, 0.1) is 6.04 Å². The Kier molecular flexibility index (Phi) is 5.73. The second-order valence-electron chi connectivity index (χ2n) is 8.95. The first-order valence-corrected chi connectivity index (χ1v) is 11.3. The Balaban J connectivity index is 1.09. The van der Waals surface area contributed by atoms with E-state index in [-0.39, 0.29) is 30.8 Å². The van der Waals surface area contributed by atoms with Crippen molar-refractivity contribution >= 4 is 18.0 Å². The van der Waals surface area contributed by atoms with Crippen LogP contribution in [0.25, 0.3) is 0 Å². The number of nitrogens with zero attached hydrogens (tertiary/aromatic N) is 3. The fraction of sp³-hybridized carbons (Fsp3) is 0.522. The average Bonchev–Trinajstić information content (AvgIpc) is 3.57. The van der Waals surface area contributed by atoms with Crippen LogP contribution in [0, 0.1) is 0 Å². The number of hydrazine groups is 1. The van der Waals surface area contributed by atoms with Gasteiger partial charge in [0.25, 0.3) is 0 Å². The van der Waals surface area contributed by atoms with E-state index in [1.165, 1.54) is 0 Å². The first kappa shape index (κ1) is 20.8. The molecule has 9 nitrogen and oxygen atoms in total. The zero-order valence-electron chi connectivity index (χ0n) is 18.2. The number of amides is 2. The summed E-state index contributed by atoms with van der Waals surface area (Å²) in [7, 11) is 1.98.